The van der Waals surface area contributed by atoms with Gasteiger partial charge in [0.05, 0.1) is 22.6 Å². The highest BCUT2D eigenvalue weighted by Gasteiger charge is 2.28. The van der Waals surface area contributed by atoms with E-state index in [9.17, 15) is 9.59 Å². The van der Waals surface area contributed by atoms with Gasteiger partial charge in [-0.25, -0.2) is 14.6 Å². The minimum Gasteiger partial charge on any atom is -0.478 e. The molecule has 1 aromatic heterocycles. The maximum atomic E-state index is 9.55. The fourth-order valence-corrected chi connectivity index (χ4v) is 4.50. The van der Waals surface area contributed by atoms with E-state index < -0.39 is 11.9 Å². The van der Waals surface area contributed by atoms with Gasteiger partial charge in [0.15, 0.2) is 0 Å². The molecular weight excluding hydrogens is 440 g/mol. The SMILES string of the molecule is CN1CCN(C2=Nc3ccccc3N(C)c3c2csc3Cl)CC1.O=C(O)/C=C/C(=O)O. The van der Waals surface area contributed by atoms with Gasteiger partial charge in [-0.2, -0.15) is 0 Å². The van der Waals surface area contributed by atoms with Crippen molar-refractivity contribution in [2.45, 2.75) is 0 Å². The van der Waals surface area contributed by atoms with Crippen LogP contribution in [0.1, 0.15) is 5.56 Å². The Kier molecular flexibility index (Phi) is 7.32. The minimum atomic E-state index is -1.26. The molecule has 0 spiro atoms. The number of hydrogen-bond acceptors (Lipinski definition) is 7. The Balaban J connectivity index is 0.000000293. The first-order valence-electron chi connectivity index (χ1n) is 9.54. The topological polar surface area (TPSA) is 96.7 Å². The number of fused-ring (bicyclic) bond motifs is 2. The smallest absolute Gasteiger partial charge is 0.328 e. The number of rotatable bonds is 2. The largest absolute Gasteiger partial charge is 0.478 e. The number of piperazine rings is 1. The second-order valence-corrected chi connectivity index (χ2v) is 8.54. The Morgan fingerprint density at radius 3 is 2.29 bits per heavy atom. The number of anilines is 2. The number of nitrogens with zero attached hydrogens (tertiary/aromatic N) is 4. The Morgan fingerprint density at radius 1 is 1.06 bits per heavy atom. The van der Waals surface area contributed by atoms with Gasteiger partial charge >= 0.3 is 11.9 Å². The molecule has 1 saturated heterocycles. The number of carbonyl (C=O) groups is 2. The summed E-state index contributed by atoms with van der Waals surface area (Å²) in [6.45, 7) is 4.11. The van der Waals surface area contributed by atoms with Crippen molar-refractivity contribution in [3.05, 3.63) is 51.7 Å². The molecule has 0 bridgehead atoms. The lowest BCUT2D eigenvalue weighted by Crippen LogP contribution is -2.47. The summed E-state index contributed by atoms with van der Waals surface area (Å²) < 4.78 is 0.820. The number of para-hydroxylation sites is 2. The number of carboxylic acids is 2. The molecule has 4 rings (SSSR count). The number of amidine groups is 1. The molecule has 1 fully saturated rings. The number of benzene rings is 1. The molecule has 2 N–H and O–H groups in total. The van der Waals surface area contributed by atoms with Crippen molar-refractivity contribution < 1.29 is 19.8 Å². The van der Waals surface area contributed by atoms with Crippen molar-refractivity contribution in [3.63, 3.8) is 0 Å². The zero-order chi connectivity index (χ0) is 22.5. The summed E-state index contributed by atoms with van der Waals surface area (Å²) in [5, 5.41) is 17.8. The summed E-state index contributed by atoms with van der Waals surface area (Å²) in [4.78, 5) is 31.0. The van der Waals surface area contributed by atoms with Crippen molar-refractivity contribution >= 4 is 57.8 Å². The van der Waals surface area contributed by atoms with E-state index in [-0.39, 0.29) is 0 Å². The highest BCUT2D eigenvalue weighted by Crippen LogP contribution is 2.45. The Morgan fingerprint density at radius 2 is 1.68 bits per heavy atom. The molecule has 2 aliphatic heterocycles. The summed E-state index contributed by atoms with van der Waals surface area (Å²) in [7, 11) is 4.24. The molecule has 1 aromatic carbocycles. The first-order chi connectivity index (χ1) is 14.8. The molecule has 0 unspecified atom stereocenters. The van der Waals surface area contributed by atoms with E-state index in [1.807, 2.05) is 12.1 Å². The van der Waals surface area contributed by atoms with Gasteiger partial charge in [-0.1, -0.05) is 23.7 Å². The fourth-order valence-electron chi connectivity index (χ4n) is 3.34. The van der Waals surface area contributed by atoms with Gasteiger partial charge in [0.25, 0.3) is 0 Å². The lowest BCUT2D eigenvalue weighted by atomic mass is 10.2. The first kappa shape index (κ1) is 22.8. The van der Waals surface area contributed by atoms with Crippen LogP contribution in [-0.4, -0.2) is 78.1 Å². The number of carboxylic acid groups (broad SMARTS) is 2. The van der Waals surface area contributed by atoms with Crippen LogP contribution in [0.4, 0.5) is 17.1 Å². The summed E-state index contributed by atoms with van der Waals surface area (Å²) in [6, 6.07) is 8.26. The molecule has 0 aliphatic carbocycles. The molecule has 0 saturated carbocycles. The van der Waals surface area contributed by atoms with E-state index in [2.05, 4.69) is 46.3 Å². The summed E-state index contributed by atoms with van der Waals surface area (Å²) in [5.41, 5.74) is 4.31. The van der Waals surface area contributed by atoms with Crippen molar-refractivity contribution in [2.24, 2.45) is 4.99 Å². The molecule has 3 heterocycles. The Bertz CT molecular complexity index is 1010. The van der Waals surface area contributed by atoms with Crippen LogP contribution in [0, 0.1) is 0 Å². The Hall–Kier alpha value is -2.88. The lowest BCUT2D eigenvalue weighted by molar-refractivity contribution is -0.134. The normalized spacial score (nSPS) is 16.0. The number of aliphatic imine (C=N–C) groups is 1. The lowest BCUT2D eigenvalue weighted by Gasteiger charge is -2.34. The molecule has 2 aromatic rings. The maximum absolute atomic E-state index is 9.55. The molecule has 2 aliphatic rings. The highest BCUT2D eigenvalue weighted by molar-refractivity contribution is 7.15. The van der Waals surface area contributed by atoms with E-state index >= 15 is 0 Å². The van der Waals surface area contributed by atoms with Gasteiger partial charge in [-0.05, 0) is 19.2 Å². The van der Waals surface area contributed by atoms with Crippen molar-refractivity contribution in [2.75, 3.05) is 45.2 Å². The molecule has 8 nitrogen and oxygen atoms in total. The minimum absolute atomic E-state index is 0.558. The van der Waals surface area contributed by atoms with Crippen LogP contribution in [0.2, 0.25) is 4.34 Å². The van der Waals surface area contributed by atoms with Crippen LogP contribution < -0.4 is 4.90 Å². The summed E-state index contributed by atoms with van der Waals surface area (Å²) in [6.07, 6.45) is 1.12. The standard InChI is InChI=1S/C17H19ClN4S.C4H4O4/c1-20-7-9-22(10-8-20)17-12-11-23-16(18)15(12)21(2)14-6-4-3-5-13(14)19-17;5-3(6)1-2-4(7)8/h3-6,11H,7-10H2,1-2H3;1-2H,(H,5,6)(H,7,8)/b;2-1+. The van der Waals surface area contributed by atoms with Gasteiger partial charge in [0.1, 0.15) is 10.2 Å². The number of thiophene rings is 1. The van der Waals surface area contributed by atoms with E-state index in [1.54, 1.807) is 11.3 Å². The molecular formula is C21H23ClN4O4S. The van der Waals surface area contributed by atoms with E-state index in [0.717, 1.165) is 59.0 Å². The monoisotopic (exact) mass is 462 g/mol. The third kappa shape index (κ3) is 5.43. The third-order valence-electron chi connectivity index (χ3n) is 4.94. The maximum Gasteiger partial charge on any atom is 0.328 e. The number of aliphatic carboxylic acids is 2. The molecule has 31 heavy (non-hydrogen) atoms. The number of likely N-dealkylation sites (N-methyl/N-ethyl adjacent to an activating group) is 1. The van der Waals surface area contributed by atoms with Crippen LogP contribution >= 0.6 is 22.9 Å². The zero-order valence-corrected chi connectivity index (χ0v) is 18.7. The quantitative estimate of drug-likeness (QED) is 0.659. The van der Waals surface area contributed by atoms with Gasteiger partial charge < -0.3 is 24.9 Å². The summed E-state index contributed by atoms with van der Waals surface area (Å²) in [5.74, 6) is -1.46. The second-order valence-electron chi connectivity index (χ2n) is 7.05. The van der Waals surface area contributed by atoms with E-state index in [4.69, 9.17) is 26.8 Å². The molecule has 0 amide bonds. The number of hydrogen-bond donors (Lipinski definition) is 2. The van der Waals surface area contributed by atoms with Gasteiger partial charge in [0, 0.05) is 50.8 Å². The Labute approximate surface area is 189 Å². The fraction of sp³-hybridized carbons (Fsp3) is 0.286. The first-order valence-corrected chi connectivity index (χ1v) is 10.8. The third-order valence-corrected chi connectivity index (χ3v) is 6.14. The predicted molar refractivity (Wildman–Crippen MR) is 124 cm³/mol. The van der Waals surface area contributed by atoms with Gasteiger partial charge in [0.2, 0.25) is 0 Å². The molecule has 164 valence electrons. The van der Waals surface area contributed by atoms with Gasteiger partial charge in [-0.15, -0.1) is 11.3 Å². The van der Waals surface area contributed by atoms with Crippen LogP contribution in [-0.2, 0) is 9.59 Å². The highest BCUT2D eigenvalue weighted by atomic mass is 35.5. The average molecular weight is 463 g/mol. The van der Waals surface area contributed by atoms with Crippen LogP contribution in [0.5, 0.6) is 0 Å². The average Bonchev–Trinajstić information content (AvgIpc) is 3.06. The van der Waals surface area contributed by atoms with Gasteiger partial charge in [-0.3, -0.25) is 0 Å². The van der Waals surface area contributed by atoms with Crippen LogP contribution in [0.25, 0.3) is 0 Å². The van der Waals surface area contributed by atoms with Crippen molar-refractivity contribution in [1.29, 1.82) is 0 Å². The van der Waals surface area contributed by atoms with E-state index in [1.165, 1.54) is 0 Å². The van der Waals surface area contributed by atoms with E-state index in [0.29, 0.717) is 12.2 Å². The van der Waals surface area contributed by atoms with Crippen LogP contribution in [0.15, 0.2) is 46.8 Å². The predicted octanol–water partition coefficient (Wildman–Crippen LogP) is 3.52. The van der Waals surface area contributed by atoms with Crippen molar-refractivity contribution in [3.8, 4) is 0 Å². The molecule has 0 radical (unpaired) electrons. The van der Waals surface area contributed by atoms with Crippen molar-refractivity contribution in [1.82, 2.24) is 9.80 Å². The molecule has 10 heteroatoms. The number of halogens is 1. The second kappa shape index (κ2) is 9.95. The van der Waals surface area contributed by atoms with Crippen LogP contribution in [0.3, 0.4) is 0 Å². The molecule has 0 atom stereocenters. The zero-order valence-electron chi connectivity index (χ0n) is 17.2. The summed E-state index contributed by atoms with van der Waals surface area (Å²) >= 11 is 8.10.